The van der Waals surface area contributed by atoms with Crippen molar-refractivity contribution in [2.24, 2.45) is 0 Å². The number of nitrogen functional groups attached to an aromatic ring is 1. The van der Waals surface area contributed by atoms with Crippen LogP contribution in [-0.4, -0.2) is 48.0 Å². The fourth-order valence-electron chi connectivity index (χ4n) is 2.00. The monoisotopic (exact) mass is 275 g/mol. The Morgan fingerprint density at radius 2 is 2.15 bits per heavy atom. The van der Waals surface area contributed by atoms with E-state index in [0.717, 1.165) is 24.0 Å². The molecule has 1 aromatic heterocycles. The third-order valence-corrected chi connectivity index (χ3v) is 3.11. The van der Waals surface area contributed by atoms with E-state index >= 15 is 0 Å². The molecule has 6 nitrogen and oxygen atoms in total. The molecule has 20 heavy (non-hydrogen) atoms. The number of H-pyrrole nitrogens is 1. The Labute approximate surface area is 118 Å². The zero-order chi connectivity index (χ0) is 14.7. The fourth-order valence-corrected chi connectivity index (χ4v) is 2.00. The summed E-state index contributed by atoms with van der Waals surface area (Å²) >= 11 is 0. The number of hydrogen-bond acceptors (Lipinski definition) is 4. The van der Waals surface area contributed by atoms with E-state index in [1.807, 2.05) is 23.1 Å². The second kappa shape index (κ2) is 5.81. The number of imidazole rings is 1. The number of carbonyl (C=O) groups excluding carboxylic acids is 1. The Morgan fingerprint density at radius 1 is 1.40 bits per heavy atom. The Bertz CT molecular complexity index is 605. The lowest BCUT2D eigenvalue weighted by molar-refractivity contribution is -0.127. The van der Waals surface area contributed by atoms with E-state index in [0.29, 0.717) is 18.2 Å². The third-order valence-electron chi connectivity index (χ3n) is 3.11. The summed E-state index contributed by atoms with van der Waals surface area (Å²) in [6, 6.07) is 5.55. The molecule has 6 heteroatoms. The van der Waals surface area contributed by atoms with E-state index in [4.69, 9.17) is 5.73 Å². The normalized spacial score (nSPS) is 10.8. The quantitative estimate of drug-likeness (QED) is 0.810. The molecule has 1 amide bonds. The SMILES string of the molecule is CCCN(CC(=O)N(C)C)c1nc2ccc(N)cc2[nH]1. The topological polar surface area (TPSA) is 78.2 Å². The molecule has 1 heterocycles. The number of aromatic nitrogens is 2. The minimum absolute atomic E-state index is 0.0541. The number of likely N-dealkylation sites (N-methyl/N-ethyl adjacent to an activating group) is 1. The van der Waals surface area contributed by atoms with E-state index in [2.05, 4.69) is 16.9 Å². The molecular weight excluding hydrogens is 254 g/mol. The Hall–Kier alpha value is -2.24. The van der Waals surface area contributed by atoms with Crippen LogP contribution in [0.5, 0.6) is 0 Å². The number of anilines is 2. The third kappa shape index (κ3) is 3.01. The van der Waals surface area contributed by atoms with Crippen molar-refractivity contribution in [2.45, 2.75) is 13.3 Å². The van der Waals surface area contributed by atoms with Crippen molar-refractivity contribution in [1.82, 2.24) is 14.9 Å². The molecule has 0 bridgehead atoms. The van der Waals surface area contributed by atoms with Gasteiger partial charge in [0.05, 0.1) is 17.6 Å². The van der Waals surface area contributed by atoms with Crippen LogP contribution in [0.1, 0.15) is 13.3 Å². The summed E-state index contributed by atoms with van der Waals surface area (Å²) in [4.78, 5) is 23.2. The van der Waals surface area contributed by atoms with Crippen molar-refractivity contribution in [3.63, 3.8) is 0 Å². The highest BCUT2D eigenvalue weighted by molar-refractivity contribution is 5.83. The average Bonchev–Trinajstić information content (AvgIpc) is 2.80. The lowest BCUT2D eigenvalue weighted by atomic mass is 10.3. The van der Waals surface area contributed by atoms with E-state index in [9.17, 15) is 4.79 Å². The van der Waals surface area contributed by atoms with Gasteiger partial charge in [-0.3, -0.25) is 4.79 Å². The Balaban J connectivity index is 2.28. The number of carbonyl (C=O) groups is 1. The van der Waals surface area contributed by atoms with Crippen LogP contribution in [0, 0.1) is 0 Å². The number of rotatable bonds is 5. The first kappa shape index (κ1) is 14.2. The van der Waals surface area contributed by atoms with Gasteiger partial charge in [0.25, 0.3) is 0 Å². The highest BCUT2D eigenvalue weighted by Crippen LogP contribution is 2.19. The molecule has 108 valence electrons. The molecule has 2 aromatic rings. The minimum Gasteiger partial charge on any atom is -0.399 e. The molecular formula is C14H21N5O. The van der Waals surface area contributed by atoms with Gasteiger partial charge in [-0.25, -0.2) is 4.98 Å². The molecule has 0 atom stereocenters. The van der Waals surface area contributed by atoms with Gasteiger partial charge in [-0.15, -0.1) is 0 Å². The number of nitrogens with two attached hydrogens (primary N) is 1. The molecule has 0 fully saturated rings. The Kier molecular flexibility index (Phi) is 4.12. The molecule has 2 rings (SSSR count). The van der Waals surface area contributed by atoms with Gasteiger partial charge in [0.1, 0.15) is 0 Å². The number of amides is 1. The fraction of sp³-hybridized carbons (Fsp3) is 0.429. The summed E-state index contributed by atoms with van der Waals surface area (Å²) in [6.45, 7) is 3.17. The molecule has 0 unspecified atom stereocenters. The second-order valence-corrected chi connectivity index (χ2v) is 5.05. The molecule has 0 aliphatic rings. The van der Waals surface area contributed by atoms with Crippen molar-refractivity contribution in [2.75, 3.05) is 37.8 Å². The molecule has 0 saturated carbocycles. The highest BCUT2D eigenvalue weighted by atomic mass is 16.2. The number of hydrogen-bond donors (Lipinski definition) is 2. The van der Waals surface area contributed by atoms with Gasteiger partial charge < -0.3 is 20.5 Å². The van der Waals surface area contributed by atoms with Crippen LogP contribution < -0.4 is 10.6 Å². The molecule has 0 saturated heterocycles. The van der Waals surface area contributed by atoms with Crippen LogP contribution in [0.2, 0.25) is 0 Å². The lowest BCUT2D eigenvalue weighted by Gasteiger charge is -2.22. The molecule has 0 aliphatic carbocycles. The first-order chi connectivity index (χ1) is 9.51. The predicted molar refractivity (Wildman–Crippen MR) is 81.7 cm³/mol. The first-order valence-corrected chi connectivity index (χ1v) is 6.71. The summed E-state index contributed by atoms with van der Waals surface area (Å²) in [5.74, 6) is 0.765. The highest BCUT2D eigenvalue weighted by Gasteiger charge is 2.15. The standard InChI is InChI=1S/C14H21N5O/c1-4-7-19(9-13(20)18(2)3)14-16-11-6-5-10(15)8-12(11)17-14/h5-6,8H,4,7,9,15H2,1-3H3,(H,16,17). The largest absolute Gasteiger partial charge is 0.399 e. The van der Waals surface area contributed by atoms with Crippen molar-refractivity contribution in [3.8, 4) is 0 Å². The van der Waals surface area contributed by atoms with Gasteiger partial charge in [-0.05, 0) is 24.6 Å². The average molecular weight is 275 g/mol. The van der Waals surface area contributed by atoms with Crippen molar-refractivity contribution in [3.05, 3.63) is 18.2 Å². The summed E-state index contributed by atoms with van der Waals surface area (Å²) < 4.78 is 0. The van der Waals surface area contributed by atoms with Crippen LogP contribution in [-0.2, 0) is 4.79 Å². The maximum Gasteiger partial charge on any atom is 0.241 e. The van der Waals surface area contributed by atoms with Crippen molar-refractivity contribution in [1.29, 1.82) is 0 Å². The predicted octanol–water partition coefficient (Wildman–Crippen LogP) is 1.45. The number of fused-ring (bicyclic) bond motifs is 1. The summed E-state index contributed by atoms with van der Waals surface area (Å²) in [5.41, 5.74) is 8.20. The zero-order valence-electron chi connectivity index (χ0n) is 12.2. The second-order valence-electron chi connectivity index (χ2n) is 5.05. The number of benzene rings is 1. The number of nitrogens with one attached hydrogen (secondary N) is 1. The van der Waals surface area contributed by atoms with E-state index < -0.39 is 0 Å². The van der Waals surface area contributed by atoms with Crippen LogP contribution >= 0.6 is 0 Å². The van der Waals surface area contributed by atoms with Gasteiger partial charge in [0.2, 0.25) is 11.9 Å². The molecule has 0 radical (unpaired) electrons. The van der Waals surface area contributed by atoms with Crippen LogP contribution in [0.15, 0.2) is 18.2 Å². The first-order valence-electron chi connectivity index (χ1n) is 6.71. The smallest absolute Gasteiger partial charge is 0.241 e. The number of nitrogens with zero attached hydrogens (tertiary/aromatic N) is 3. The van der Waals surface area contributed by atoms with E-state index in [-0.39, 0.29) is 5.91 Å². The molecule has 0 spiro atoms. The molecule has 3 N–H and O–H groups in total. The lowest BCUT2D eigenvalue weighted by Crippen LogP contribution is -2.37. The van der Waals surface area contributed by atoms with Crippen LogP contribution in [0.3, 0.4) is 0 Å². The maximum atomic E-state index is 11.9. The van der Waals surface area contributed by atoms with Crippen LogP contribution in [0.25, 0.3) is 11.0 Å². The molecule has 0 aliphatic heterocycles. The zero-order valence-corrected chi connectivity index (χ0v) is 12.2. The van der Waals surface area contributed by atoms with E-state index in [1.54, 1.807) is 19.0 Å². The van der Waals surface area contributed by atoms with E-state index in [1.165, 1.54) is 0 Å². The van der Waals surface area contributed by atoms with Gasteiger partial charge in [0, 0.05) is 26.3 Å². The number of aromatic amines is 1. The van der Waals surface area contributed by atoms with Gasteiger partial charge in [-0.1, -0.05) is 6.92 Å². The van der Waals surface area contributed by atoms with Gasteiger partial charge in [0.15, 0.2) is 0 Å². The maximum absolute atomic E-state index is 11.9. The minimum atomic E-state index is 0.0541. The summed E-state index contributed by atoms with van der Waals surface area (Å²) in [6.07, 6.45) is 0.944. The summed E-state index contributed by atoms with van der Waals surface area (Å²) in [7, 11) is 3.51. The molecule has 1 aromatic carbocycles. The Morgan fingerprint density at radius 3 is 2.80 bits per heavy atom. The van der Waals surface area contributed by atoms with Crippen molar-refractivity contribution < 1.29 is 4.79 Å². The van der Waals surface area contributed by atoms with Crippen molar-refractivity contribution >= 4 is 28.6 Å². The summed E-state index contributed by atoms with van der Waals surface area (Å²) in [5, 5.41) is 0. The van der Waals surface area contributed by atoms with Gasteiger partial charge in [-0.2, -0.15) is 0 Å². The van der Waals surface area contributed by atoms with Gasteiger partial charge >= 0.3 is 0 Å². The van der Waals surface area contributed by atoms with Crippen LogP contribution in [0.4, 0.5) is 11.6 Å².